The Morgan fingerprint density at radius 2 is 0.709 bits per heavy atom. The molecule has 14 nitrogen and oxygen atoms in total. The summed E-state index contributed by atoms with van der Waals surface area (Å²) in [4.78, 5) is 63.1. The normalized spacial score (nSPS) is 10.3. The van der Waals surface area contributed by atoms with Gasteiger partial charge in [0.05, 0.1) is 62.4 Å². The molecule has 0 radical (unpaired) electrons. The second-order valence-electron chi connectivity index (χ2n) is 19.3. The Morgan fingerprint density at radius 1 is 0.360 bits per heavy atom. The zero-order chi connectivity index (χ0) is 60.6. The zero-order valence-electron chi connectivity index (χ0n) is 47.7. The molecule has 0 aliphatic rings. The van der Waals surface area contributed by atoms with Gasteiger partial charge in [0, 0.05) is 47.2 Å². The number of carbonyl (C=O) groups is 5. The number of hydrogen-bond donors (Lipinski definition) is 0. The van der Waals surface area contributed by atoms with Gasteiger partial charge in [-0.05, 0) is 163 Å². The minimum Gasteiger partial charge on any atom is -0.494 e. The smallest absolute Gasteiger partial charge is 0.343 e. The SMILES string of the molecule is C=CC(=O)OCCCOc1ccc(C#Cc2ccc(C(=O)Oc3ccc(OC(=O)c4ccc(C#Cc5ccc(OCCCOC(=O)C=C)cc5)cc4)c(C(=O)OCCCCCCCCCCOc4ccc(-c5ccc(C#N)cc5)cc4)c3)cc2)cc1. The summed E-state index contributed by atoms with van der Waals surface area (Å²) in [5.74, 6) is 11.3. The molecule has 0 atom stereocenters. The van der Waals surface area contributed by atoms with Crippen molar-refractivity contribution in [2.75, 3.05) is 39.6 Å². The first-order chi connectivity index (χ1) is 42.0. The van der Waals surface area contributed by atoms with Gasteiger partial charge in [0.25, 0.3) is 0 Å². The lowest BCUT2D eigenvalue weighted by atomic mass is 10.0. The van der Waals surface area contributed by atoms with Gasteiger partial charge in [0.15, 0.2) is 0 Å². The maximum Gasteiger partial charge on any atom is 0.343 e. The molecule has 0 aliphatic heterocycles. The van der Waals surface area contributed by atoms with E-state index in [2.05, 4.69) is 42.9 Å². The summed E-state index contributed by atoms with van der Waals surface area (Å²) in [7, 11) is 0. The van der Waals surface area contributed by atoms with E-state index < -0.39 is 29.8 Å². The summed E-state index contributed by atoms with van der Waals surface area (Å²) in [6, 6.07) is 49.3. The van der Waals surface area contributed by atoms with Crippen LogP contribution in [-0.4, -0.2) is 69.5 Å². The zero-order valence-corrected chi connectivity index (χ0v) is 47.7. The minimum absolute atomic E-state index is 0.0318. The molecule has 0 spiro atoms. The summed E-state index contributed by atoms with van der Waals surface area (Å²) < 4.78 is 44.5. The lowest BCUT2D eigenvalue weighted by Crippen LogP contribution is -2.14. The summed E-state index contributed by atoms with van der Waals surface area (Å²) >= 11 is 0. The van der Waals surface area contributed by atoms with Gasteiger partial charge in [-0.25, -0.2) is 24.0 Å². The molecule has 0 fully saturated rings. The van der Waals surface area contributed by atoms with Crippen molar-refractivity contribution in [2.45, 2.75) is 64.2 Å². The monoisotopic (exact) mass is 1150 g/mol. The maximum absolute atomic E-state index is 13.8. The summed E-state index contributed by atoms with van der Waals surface area (Å²) in [5.41, 5.74) is 5.87. The van der Waals surface area contributed by atoms with Gasteiger partial charge in [-0.3, -0.25) is 0 Å². The Morgan fingerprint density at radius 3 is 1.15 bits per heavy atom. The number of rotatable bonds is 30. The molecule has 0 amide bonds. The highest BCUT2D eigenvalue weighted by atomic mass is 16.6. The molecule has 7 rings (SSSR count). The van der Waals surface area contributed by atoms with Gasteiger partial charge >= 0.3 is 29.8 Å². The molecule has 0 N–H and O–H groups in total. The third-order valence-corrected chi connectivity index (χ3v) is 12.9. The number of nitrogens with zero attached hydrogens (tertiary/aromatic N) is 1. The van der Waals surface area contributed by atoms with Gasteiger partial charge in [-0.15, -0.1) is 0 Å². The van der Waals surface area contributed by atoms with Crippen molar-refractivity contribution in [1.82, 2.24) is 0 Å². The molecule has 0 bridgehead atoms. The van der Waals surface area contributed by atoms with Crippen molar-refractivity contribution >= 4 is 29.8 Å². The van der Waals surface area contributed by atoms with Crippen molar-refractivity contribution in [2.24, 2.45) is 0 Å². The molecular formula is C72H65NO13. The lowest BCUT2D eigenvalue weighted by Gasteiger charge is -2.12. The molecule has 0 unspecified atom stereocenters. The maximum atomic E-state index is 13.8. The average Bonchev–Trinajstić information content (AvgIpc) is 3.64. The second kappa shape index (κ2) is 34.7. The highest BCUT2D eigenvalue weighted by Gasteiger charge is 2.21. The van der Waals surface area contributed by atoms with Crippen LogP contribution < -0.4 is 23.7 Å². The molecule has 0 aliphatic carbocycles. The molecule has 436 valence electrons. The average molecular weight is 1150 g/mol. The molecule has 0 heterocycles. The largest absolute Gasteiger partial charge is 0.494 e. The van der Waals surface area contributed by atoms with Crippen LogP contribution in [0.25, 0.3) is 11.1 Å². The third-order valence-electron chi connectivity index (χ3n) is 12.9. The minimum atomic E-state index is -0.749. The van der Waals surface area contributed by atoms with Gasteiger partial charge in [0.1, 0.15) is 34.3 Å². The molecule has 7 aromatic rings. The van der Waals surface area contributed by atoms with Crippen molar-refractivity contribution in [3.8, 4) is 69.6 Å². The lowest BCUT2D eigenvalue weighted by molar-refractivity contribution is -0.138. The molecule has 0 aromatic heterocycles. The van der Waals surface area contributed by atoms with E-state index in [4.69, 9.17) is 43.2 Å². The highest BCUT2D eigenvalue weighted by molar-refractivity contribution is 5.97. The Labute approximate surface area is 501 Å². The van der Waals surface area contributed by atoms with Crippen LogP contribution in [0.15, 0.2) is 189 Å². The number of hydrogen-bond acceptors (Lipinski definition) is 14. The Bertz CT molecular complexity index is 3560. The van der Waals surface area contributed by atoms with E-state index in [1.165, 1.54) is 18.2 Å². The Balaban J connectivity index is 0.889. The molecule has 0 saturated carbocycles. The predicted octanol–water partition coefficient (Wildman–Crippen LogP) is 13.8. The van der Waals surface area contributed by atoms with Crippen LogP contribution in [0.4, 0.5) is 0 Å². The fraction of sp³-hybridized carbons (Fsp3) is 0.222. The molecule has 86 heavy (non-hydrogen) atoms. The van der Waals surface area contributed by atoms with E-state index in [1.807, 2.05) is 72.8 Å². The quantitative estimate of drug-likeness (QED) is 0.0103. The van der Waals surface area contributed by atoms with Gasteiger partial charge < -0.3 is 37.9 Å². The molecule has 0 saturated heterocycles. The molecular weight excluding hydrogens is 1090 g/mol. The van der Waals surface area contributed by atoms with Crippen molar-refractivity contribution < 1.29 is 61.9 Å². The number of ether oxygens (including phenoxy) is 8. The van der Waals surface area contributed by atoms with Crippen molar-refractivity contribution in [3.63, 3.8) is 0 Å². The van der Waals surface area contributed by atoms with Crippen LogP contribution in [0, 0.1) is 35.0 Å². The number of unbranched alkanes of at least 4 members (excludes halogenated alkanes) is 7. The van der Waals surface area contributed by atoms with Crippen LogP contribution in [0.3, 0.4) is 0 Å². The van der Waals surface area contributed by atoms with Gasteiger partial charge in [0.2, 0.25) is 0 Å². The van der Waals surface area contributed by atoms with E-state index in [-0.39, 0.29) is 48.0 Å². The Hall–Kier alpha value is -10.6. The topological polar surface area (TPSA) is 183 Å². The van der Waals surface area contributed by atoms with Crippen LogP contribution in [-0.2, 0) is 23.8 Å². The van der Waals surface area contributed by atoms with E-state index in [1.54, 1.807) is 72.8 Å². The number of esters is 5. The van der Waals surface area contributed by atoms with Crippen LogP contribution >= 0.6 is 0 Å². The summed E-state index contributed by atoms with van der Waals surface area (Å²) in [6.07, 6.45) is 10.9. The molecule has 7 aromatic carbocycles. The number of nitriles is 1. The Kier molecular flexibility index (Phi) is 25.4. The first-order valence-corrected chi connectivity index (χ1v) is 28.3. The van der Waals surface area contributed by atoms with Gasteiger partial charge in [-0.2, -0.15) is 5.26 Å². The second-order valence-corrected chi connectivity index (χ2v) is 19.3. The first kappa shape index (κ1) is 63.0. The predicted molar refractivity (Wildman–Crippen MR) is 326 cm³/mol. The van der Waals surface area contributed by atoms with E-state index in [9.17, 15) is 24.0 Å². The first-order valence-electron chi connectivity index (χ1n) is 28.3. The van der Waals surface area contributed by atoms with E-state index in [0.717, 1.165) is 85.1 Å². The third kappa shape index (κ3) is 21.6. The number of carbonyl (C=O) groups excluding carboxylic acids is 5. The van der Waals surface area contributed by atoms with Crippen LogP contribution in [0.1, 0.15) is 123 Å². The fourth-order valence-electron chi connectivity index (χ4n) is 8.22. The summed E-state index contributed by atoms with van der Waals surface area (Å²) in [5, 5.41) is 9.06. The van der Waals surface area contributed by atoms with E-state index in [0.29, 0.717) is 67.3 Å². The molecule has 14 heteroatoms. The number of benzene rings is 7. The van der Waals surface area contributed by atoms with Crippen LogP contribution in [0.5, 0.6) is 28.7 Å². The van der Waals surface area contributed by atoms with Gasteiger partial charge in [-0.1, -0.05) is 99.6 Å². The van der Waals surface area contributed by atoms with Crippen molar-refractivity contribution in [3.05, 3.63) is 234 Å². The fourth-order valence-corrected chi connectivity index (χ4v) is 8.22. The van der Waals surface area contributed by atoms with Crippen LogP contribution in [0.2, 0.25) is 0 Å². The van der Waals surface area contributed by atoms with E-state index >= 15 is 0 Å². The standard InChI is InChI=1S/C72H65NO13/c1-3-68(74)82-49-13-47-80-62-37-25-55(26-38-62)17-15-53-19-31-60(32-20-53)70(76)85-65-43-44-67(86-71(77)61-33-21-54(22-34-61)16-18-56-27-39-63(40-28-56)81-48-14-50-83-69(75)4-2)66(51-65)72(78)84-46-12-10-8-6-5-7-9-11-45-79-64-41-35-59(36-42-64)58-29-23-57(52-73)24-30-58/h3-4,19-44,51H,1-2,5-14,45-50H2. The summed E-state index contributed by atoms with van der Waals surface area (Å²) in [6.45, 7) is 8.71. The van der Waals surface area contributed by atoms with Crippen molar-refractivity contribution in [1.29, 1.82) is 5.26 Å². The highest BCUT2D eigenvalue weighted by Crippen LogP contribution is 2.28.